The molecule has 0 radical (unpaired) electrons. The molecule has 0 bridgehead atoms. The highest BCUT2D eigenvalue weighted by molar-refractivity contribution is 7.55. The van der Waals surface area contributed by atoms with E-state index in [1.165, 1.54) is 0 Å². The molecule has 12 heavy (non-hydrogen) atoms. The highest BCUT2D eigenvalue weighted by atomic mass is 31.2. The Morgan fingerprint density at radius 3 is 1.92 bits per heavy atom. The third-order valence-electron chi connectivity index (χ3n) is 1.77. The number of carbonyl (C=O) groups is 1. The van der Waals surface area contributed by atoms with Gasteiger partial charge in [-0.15, -0.1) is 0 Å². The predicted octanol–water partition coefficient (Wildman–Crippen LogP) is -0.179. The van der Waals surface area contributed by atoms with Crippen molar-refractivity contribution < 1.29 is 13.9 Å². The Morgan fingerprint density at radius 1 is 1.25 bits per heavy atom. The molecule has 68 valence electrons. The van der Waals surface area contributed by atoms with E-state index in [4.69, 9.17) is 5.73 Å². The predicted molar refractivity (Wildman–Crippen MR) is 41.4 cm³/mol. The van der Waals surface area contributed by atoms with Crippen molar-refractivity contribution in [2.24, 2.45) is 5.73 Å². The maximum absolute atomic E-state index is 11.9. The number of nitrogens with two attached hydrogens (primary N) is 1. The normalized spacial score (nSPS) is 23.7. The number of primary amides is 1. The molecule has 2 fully saturated rings. The van der Waals surface area contributed by atoms with Crippen LogP contribution in [0.3, 0.4) is 0 Å². The number of rotatable bonds is 3. The van der Waals surface area contributed by atoms with Crippen LogP contribution in [0.2, 0.25) is 0 Å². The van der Waals surface area contributed by atoms with E-state index in [0.717, 1.165) is 26.2 Å². The topological polar surface area (TPSA) is 75.4 Å². The largest absolute Gasteiger partial charge is 0.411 e. The lowest BCUT2D eigenvalue weighted by atomic mass is 11.0. The third-order valence-corrected chi connectivity index (χ3v) is 4.42. The van der Waals surface area contributed by atoms with Crippen molar-refractivity contribution in [3.63, 3.8) is 0 Å². The Balaban J connectivity index is 2.09. The van der Waals surface area contributed by atoms with Gasteiger partial charge in [0.1, 0.15) is 0 Å². The molecule has 7 heteroatoms. The van der Waals surface area contributed by atoms with Crippen LogP contribution in [-0.2, 0) is 9.09 Å². The van der Waals surface area contributed by atoms with Gasteiger partial charge in [0.05, 0.1) is 0 Å². The Bertz CT molecular complexity index is 245. The molecule has 6 nitrogen and oxygen atoms in total. The van der Waals surface area contributed by atoms with Crippen LogP contribution in [0, 0.1) is 0 Å². The molecular weight excluding hydrogens is 181 g/mol. The molecule has 0 aliphatic carbocycles. The smallest absolute Gasteiger partial charge is 0.372 e. The van der Waals surface area contributed by atoms with E-state index >= 15 is 0 Å². The summed E-state index contributed by atoms with van der Waals surface area (Å²) in [4.78, 5) is 10.5. The molecule has 0 atom stereocenters. The molecule has 0 aromatic heterocycles. The van der Waals surface area contributed by atoms with Gasteiger partial charge in [-0.2, -0.15) is 0 Å². The Morgan fingerprint density at radius 2 is 1.67 bits per heavy atom. The van der Waals surface area contributed by atoms with E-state index in [2.05, 4.69) is 4.52 Å². The van der Waals surface area contributed by atoms with Crippen LogP contribution in [-0.4, -0.2) is 41.6 Å². The number of hydrogen-bond donors (Lipinski definition) is 1. The molecule has 0 saturated carbocycles. The zero-order valence-electron chi connectivity index (χ0n) is 6.47. The van der Waals surface area contributed by atoms with Crippen LogP contribution >= 0.6 is 7.67 Å². The Labute approximate surface area is 69.8 Å². The first-order valence-electron chi connectivity index (χ1n) is 3.73. The first-order valence-corrected chi connectivity index (χ1v) is 5.26. The zero-order chi connectivity index (χ0) is 8.77. The molecule has 1 amide bonds. The molecule has 0 aromatic rings. The molecule has 0 unspecified atom stereocenters. The van der Waals surface area contributed by atoms with Gasteiger partial charge in [-0.05, 0) is 0 Å². The second kappa shape index (κ2) is 2.45. The van der Waals surface area contributed by atoms with Crippen LogP contribution in [0.5, 0.6) is 0 Å². The van der Waals surface area contributed by atoms with Crippen LogP contribution in [0.1, 0.15) is 0 Å². The first-order chi connectivity index (χ1) is 5.63. The van der Waals surface area contributed by atoms with Crippen molar-refractivity contribution in [1.82, 2.24) is 9.34 Å². The van der Waals surface area contributed by atoms with Gasteiger partial charge in [0, 0.05) is 26.2 Å². The summed E-state index contributed by atoms with van der Waals surface area (Å²) in [7, 11) is -3.01. The number of hydrogen-bond acceptors (Lipinski definition) is 3. The van der Waals surface area contributed by atoms with Crippen molar-refractivity contribution >= 4 is 13.8 Å². The lowest BCUT2D eigenvalue weighted by molar-refractivity contribution is 0.205. The first kappa shape index (κ1) is 8.04. The average Bonchev–Trinajstić information content (AvgIpc) is 2.82. The van der Waals surface area contributed by atoms with Gasteiger partial charge >= 0.3 is 13.8 Å². The van der Waals surface area contributed by atoms with Crippen LogP contribution < -0.4 is 5.73 Å². The second-order valence-electron chi connectivity index (χ2n) is 2.81. The van der Waals surface area contributed by atoms with E-state index in [-0.39, 0.29) is 0 Å². The highest BCUT2D eigenvalue weighted by Gasteiger charge is 2.51. The molecule has 2 N–H and O–H groups in total. The summed E-state index contributed by atoms with van der Waals surface area (Å²) >= 11 is 0. The third kappa shape index (κ3) is 1.33. The van der Waals surface area contributed by atoms with Crippen LogP contribution in [0.15, 0.2) is 0 Å². The van der Waals surface area contributed by atoms with Crippen LogP contribution in [0.25, 0.3) is 0 Å². The second-order valence-corrected chi connectivity index (χ2v) is 5.10. The fourth-order valence-electron chi connectivity index (χ4n) is 1.01. The molecule has 2 saturated heterocycles. The van der Waals surface area contributed by atoms with Crippen molar-refractivity contribution in [3.8, 4) is 0 Å². The maximum Gasteiger partial charge on any atom is 0.411 e. The van der Waals surface area contributed by atoms with E-state index in [9.17, 15) is 9.36 Å². The van der Waals surface area contributed by atoms with Gasteiger partial charge in [-0.3, -0.25) is 0 Å². The summed E-state index contributed by atoms with van der Waals surface area (Å²) in [6, 6.07) is 0. The minimum Gasteiger partial charge on any atom is -0.372 e. The van der Waals surface area contributed by atoms with Crippen molar-refractivity contribution in [2.75, 3.05) is 26.2 Å². The van der Waals surface area contributed by atoms with E-state index in [0.29, 0.717) is 0 Å². The van der Waals surface area contributed by atoms with Gasteiger partial charge in [-0.1, -0.05) is 0 Å². The molecule has 2 aliphatic rings. The maximum atomic E-state index is 11.9. The highest BCUT2D eigenvalue weighted by Crippen LogP contribution is 2.60. The summed E-state index contributed by atoms with van der Waals surface area (Å²) in [5.74, 6) is 0. The summed E-state index contributed by atoms with van der Waals surface area (Å²) in [6.07, 6.45) is -0.961. The Hall–Kier alpha value is -0.580. The van der Waals surface area contributed by atoms with E-state index in [1.807, 2.05) is 0 Å². The van der Waals surface area contributed by atoms with Crippen molar-refractivity contribution in [2.45, 2.75) is 0 Å². The Kier molecular flexibility index (Phi) is 1.64. The van der Waals surface area contributed by atoms with Gasteiger partial charge in [0.2, 0.25) is 0 Å². The molecule has 2 aliphatic heterocycles. The summed E-state index contributed by atoms with van der Waals surface area (Å²) in [6.45, 7) is 2.89. The summed E-state index contributed by atoms with van der Waals surface area (Å²) in [5, 5.41) is 0. The van der Waals surface area contributed by atoms with Gasteiger partial charge in [0.25, 0.3) is 0 Å². The molecule has 2 heterocycles. The zero-order valence-corrected chi connectivity index (χ0v) is 7.37. The molecular formula is C5H10N3O3P. The SMILES string of the molecule is NC(=O)OP(=O)(N1CC1)N1CC1. The summed E-state index contributed by atoms with van der Waals surface area (Å²) < 4.78 is 19.8. The fraction of sp³-hybridized carbons (Fsp3) is 0.800. The van der Waals surface area contributed by atoms with Crippen molar-refractivity contribution in [1.29, 1.82) is 0 Å². The van der Waals surface area contributed by atoms with Crippen molar-refractivity contribution in [3.05, 3.63) is 0 Å². The average molecular weight is 191 g/mol. The van der Waals surface area contributed by atoms with E-state index < -0.39 is 13.8 Å². The van der Waals surface area contributed by atoms with Gasteiger partial charge in [0.15, 0.2) is 0 Å². The molecule has 0 spiro atoms. The van der Waals surface area contributed by atoms with Crippen LogP contribution in [0.4, 0.5) is 4.79 Å². The molecule has 2 rings (SSSR count). The lowest BCUT2D eigenvalue weighted by Gasteiger charge is -2.17. The van der Waals surface area contributed by atoms with Gasteiger partial charge < -0.3 is 10.3 Å². The van der Waals surface area contributed by atoms with Gasteiger partial charge in [-0.25, -0.2) is 18.7 Å². The molecule has 0 aromatic carbocycles. The number of nitrogens with zero attached hydrogens (tertiary/aromatic N) is 2. The minimum atomic E-state index is -3.01. The summed E-state index contributed by atoms with van der Waals surface area (Å²) in [5.41, 5.74) is 4.82. The van der Waals surface area contributed by atoms with E-state index in [1.54, 1.807) is 9.34 Å². The minimum absolute atomic E-state index is 0.723. The number of carbonyl (C=O) groups excluding carboxylic acids is 1. The fourth-order valence-corrected chi connectivity index (χ4v) is 3.02. The standard InChI is InChI=1S/C5H10N3O3P/c6-5(9)11-12(10,7-1-2-7)8-3-4-8/h1-4H2,(H2,6,9). The lowest BCUT2D eigenvalue weighted by Crippen LogP contribution is -2.17. The monoisotopic (exact) mass is 191 g/mol. The number of amides is 1. The quantitative estimate of drug-likeness (QED) is 0.494.